The summed E-state index contributed by atoms with van der Waals surface area (Å²) in [6.45, 7) is 1.27. The molecule has 1 unspecified atom stereocenters. The zero-order chi connectivity index (χ0) is 14.6. The van der Waals surface area contributed by atoms with Crippen molar-refractivity contribution in [3.63, 3.8) is 0 Å². The smallest absolute Gasteiger partial charge is 0.258 e. The van der Waals surface area contributed by atoms with E-state index in [1.807, 2.05) is 19.6 Å². The van der Waals surface area contributed by atoms with Crippen molar-refractivity contribution in [2.24, 2.45) is 4.99 Å². The molecule has 1 amide bonds. The van der Waals surface area contributed by atoms with E-state index in [9.17, 15) is 15.0 Å². The zero-order valence-electron chi connectivity index (χ0n) is 11.3. The molecule has 106 valence electrons. The molecular formula is C14H18N3O3+. The van der Waals surface area contributed by atoms with Crippen LogP contribution in [0.1, 0.15) is 16.8 Å². The molecular weight excluding hydrogens is 258 g/mol. The summed E-state index contributed by atoms with van der Waals surface area (Å²) in [5.74, 6) is -0.930. The maximum absolute atomic E-state index is 11.9. The Hall–Kier alpha value is -2.34. The Kier molecular flexibility index (Phi) is 4.05. The number of carbonyl (C=O) groups excluding carboxylic acids is 1. The van der Waals surface area contributed by atoms with Crippen LogP contribution in [0.4, 0.5) is 0 Å². The summed E-state index contributed by atoms with van der Waals surface area (Å²) in [4.78, 5) is 15.9. The first kappa shape index (κ1) is 14.1. The maximum Gasteiger partial charge on any atom is 0.258 e. The van der Waals surface area contributed by atoms with Crippen LogP contribution in [0.2, 0.25) is 0 Å². The highest BCUT2D eigenvalue weighted by Crippen LogP contribution is 2.25. The van der Waals surface area contributed by atoms with Crippen LogP contribution in [0.5, 0.6) is 11.5 Å². The molecule has 1 aliphatic heterocycles. The first-order valence-corrected chi connectivity index (χ1v) is 6.38. The molecule has 6 heteroatoms. The molecule has 1 aliphatic rings. The third-order valence-electron chi connectivity index (χ3n) is 3.17. The van der Waals surface area contributed by atoms with Gasteiger partial charge in [0.25, 0.3) is 5.91 Å². The average Bonchev–Trinajstić information content (AvgIpc) is 2.82. The lowest BCUT2D eigenvalue weighted by molar-refractivity contribution is -0.756. The Morgan fingerprint density at radius 1 is 1.35 bits per heavy atom. The molecule has 0 bridgehead atoms. The van der Waals surface area contributed by atoms with Crippen molar-refractivity contribution in [1.82, 2.24) is 5.32 Å². The summed E-state index contributed by atoms with van der Waals surface area (Å²) >= 11 is 0. The van der Waals surface area contributed by atoms with E-state index in [-0.39, 0.29) is 17.1 Å². The number of amides is 1. The van der Waals surface area contributed by atoms with E-state index in [0.717, 1.165) is 13.0 Å². The first-order valence-electron chi connectivity index (χ1n) is 6.38. The van der Waals surface area contributed by atoms with Crippen LogP contribution in [0, 0.1) is 0 Å². The van der Waals surface area contributed by atoms with Gasteiger partial charge in [0.2, 0.25) is 0 Å². The van der Waals surface area contributed by atoms with Crippen molar-refractivity contribution >= 4 is 12.2 Å². The van der Waals surface area contributed by atoms with Crippen LogP contribution in [-0.2, 0) is 0 Å². The van der Waals surface area contributed by atoms with Gasteiger partial charge in [-0.15, -0.1) is 0 Å². The van der Waals surface area contributed by atoms with Gasteiger partial charge in [0.05, 0.1) is 19.8 Å². The number of phenols is 2. The highest BCUT2D eigenvalue weighted by Gasteiger charge is 2.19. The number of benzene rings is 1. The molecule has 0 saturated heterocycles. The summed E-state index contributed by atoms with van der Waals surface area (Å²) < 4.78 is 0.609. The Bertz CT molecular complexity index is 535. The van der Waals surface area contributed by atoms with E-state index < -0.39 is 5.91 Å². The lowest BCUT2D eigenvalue weighted by Gasteiger charge is -2.21. The molecule has 0 saturated carbocycles. The molecule has 20 heavy (non-hydrogen) atoms. The summed E-state index contributed by atoms with van der Waals surface area (Å²) in [7, 11) is 2.02. The minimum Gasteiger partial charge on any atom is -0.507 e. The number of phenolic OH excluding ortho intramolecular Hbond substituents is 2. The minimum absolute atomic E-state index is 0.0875. The number of quaternary nitrogens is 1. The lowest BCUT2D eigenvalue weighted by Crippen LogP contribution is -2.37. The van der Waals surface area contributed by atoms with Crippen molar-refractivity contribution in [2.45, 2.75) is 6.42 Å². The van der Waals surface area contributed by atoms with Crippen LogP contribution in [-0.4, -0.2) is 47.1 Å². The molecule has 1 heterocycles. The van der Waals surface area contributed by atoms with Crippen LogP contribution < -0.4 is 5.32 Å². The number of hydrogen-bond donors (Lipinski definition) is 3. The predicted octanol–water partition coefficient (Wildman–Crippen LogP) is 1.18. The summed E-state index contributed by atoms with van der Waals surface area (Å²) in [6, 6.07) is 4.21. The summed E-state index contributed by atoms with van der Waals surface area (Å²) in [5.41, 5.74) is -0.0875. The molecule has 1 aromatic rings. The fourth-order valence-corrected chi connectivity index (χ4v) is 2.02. The molecule has 1 aromatic carbocycles. The Labute approximate surface area is 117 Å². The average molecular weight is 276 g/mol. The highest BCUT2D eigenvalue weighted by atomic mass is 16.3. The van der Waals surface area contributed by atoms with Gasteiger partial charge in [-0.1, -0.05) is 6.07 Å². The van der Waals surface area contributed by atoms with Gasteiger partial charge in [-0.05, 0) is 12.1 Å². The first-order chi connectivity index (χ1) is 9.52. The quantitative estimate of drug-likeness (QED) is 0.558. The molecule has 1 atom stereocenters. The van der Waals surface area contributed by atoms with Crippen molar-refractivity contribution in [2.75, 3.05) is 20.1 Å². The van der Waals surface area contributed by atoms with Gasteiger partial charge < -0.3 is 15.5 Å². The Morgan fingerprint density at radius 3 is 2.65 bits per heavy atom. The number of rotatable bonds is 5. The van der Waals surface area contributed by atoms with Gasteiger partial charge in [0.1, 0.15) is 23.3 Å². The second-order valence-corrected chi connectivity index (χ2v) is 4.91. The van der Waals surface area contributed by atoms with E-state index in [0.29, 0.717) is 11.0 Å². The molecule has 0 aliphatic carbocycles. The van der Waals surface area contributed by atoms with E-state index in [2.05, 4.69) is 10.3 Å². The number of nitrogens with zero attached hydrogens (tertiary/aromatic N) is 2. The van der Waals surface area contributed by atoms with E-state index in [1.165, 1.54) is 18.2 Å². The van der Waals surface area contributed by atoms with Crippen molar-refractivity contribution in [3.8, 4) is 11.5 Å². The molecule has 0 fully saturated rings. The van der Waals surface area contributed by atoms with Gasteiger partial charge in [0.15, 0.2) is 6.34 Å². The van der Waals surface area contributed by atoms with E-state index >= 15 is 0 Å². The van der Waals surface area contributed by atoms with Crippen LogP contribution >= 0.6 is 0 Å². The topological polar surface area (TPSA) is 81.9 Å². The fraction of sp³-hybridized carbons (Fsp3) is 0.286. The zero-order valence-corrected chi connectivity index (χ0v) is 11.3. The number of aliphatic imine (C=N–C) groups is 1. The highest BCUT2D eigenvalue weighted by molar-refractivity contribution is 5.99. The second kappa shape index (κ2) is 5.75. The Balaban J connectivity index is 1.84. The lowest BCUT2D eigenvalue weighted by atomic mass is 10.1. The molecule has 0 aromatic heterocycles. The van der Waals surface area contributed by atoms with Crippen molar-refractivity contribution in [1.29, 1.82) is 0 Å². The molecule has 0 spiro atoms. The fourth-order valence-electron chi connectivity index (χ4n) is 2.02. The second-order valence-electron chi connectivity index (χ2n) is 4.91. The Morgan fingerprint density at radius 2 is 2.05 bits per heavy atom. The molecule has 3 N–H and O–H groups in total. The van der Waals surface area contributed by atoms with Crippen LogP contribution in [0.3, 0.4) is 0 Å². The van der Waals surface area contributed by atoms with Crippen molar-refractivity contribution in [3.05, 3.63) is 36.2 Å². The normalized spacial score (nSPS) is 20.2. The van der Waals surface area contributed by atoms with E-state index in [4.69, 9.17) is 0 Å². The largest absolute Gasteiger partial charge is 0.507 e. The van der Waals surface area contributed by atoms with Gasteiger partial charge >= 0.3 is 0 Å². The van der Waals surface area contributed by atoms with Crippen molar-refractivity contribution < 1.29 is 19.5 Å². The van der Waals surface area contributed by atoms with Crippen LogP contribution in [0.25, 0.3) is 0 Å². The summed E-state index contributed by atoms with van der Waals surface area (Å²) in [6.07, 6.45) is 6.30. The SMILES string of the molecule is C[N+]1(CCCNC(=O)c2c(O)cccc2O)C=CN=C1. The molecule has 0 radical (unpaired) electrons. The third kappa shape index (κ3) is 3.16. The maximum atomic E-state index is 11.9. The van der Waals surface area contributed by atoms with Gasteiger partial charge in [-0.25, -0.2) is 4.99 Å². The number of aromatic hydroxyl groups is 2. The summed E-state index contributed by atoms with van der Waals surface area (Å²) in [5, 5.41) is 21.8. The predicted molar refractivity (Wildman–Crippen MR) is 75.4 cm³/mol. The number of hydrogen-bond acceptors (Lipinski definition) is 4. The van der Waals surface area contributed by atoms with Gasteiger partial charge in [-0.2, -0.15) is 0 Å². The number of carbonyl (C=O) groups is 1. The molecule has 2 rings (SSSR count). The number of nitrogens with one attached hydrogen (secondary N) is 1. The van der Waals surface area contributed by atoms with E-state index in [1.54, 1.807) is 6.20 Å². The molecule has 6 nitrogen and oxygen atoms in total. The van der Waals surface area contributed by atoms with Gasteiger partial charge in [-0.3, -0.25) is 9.28 Å². The van der Waals surface area contributed by atoms with Gasteiger partial charge in [0, 0.05) is 13.0 Å². The monoisotopic (exact) mass is 276 g/mol. The minimum atomic E-state index is -0.478. The van der Waals surface area contributed by atoms with Crippen LogP contribution in [0.15, 0.2) is 35.6 Å². The standard InChI is InChI=1S/C14H17N3O3/c1-17(9-7-15-10-17)8-3-6-16-14(20)13-11(18)4-2-5-12(13)19/h2,4-5,7,9-10H,3,6,8H2,1H3,(H2-,16,18,19,20)/p+1. The third-order valence-corrected chi connectivity index (χ3v) is 3.17.